The number of alkyl halides is 3. The third-order valence-electron chi connectivity index (χ3n) is 2.88. The molecule has 124 valence electrons. The lowest BCUT2D eigenvalue weighted by atomic mass is 10.2. The number of carbonyl (C=O) groups is 1. The van der Waals surface area contributed by atoms with E-state index in [-0.39, 0.29) is 5.69 Å². The zero-order valence-corrected chi connectivity index (χ0v) is 12.5. The average Bonchev–Trinajstić information content (AvgIpc) is 2.58. The van der Waals surface area contributed by atoms with E-state index in [1.807, 2.05) is 0 Å². The minimum atomic E-state index is -4.45. The van der Waals surface area contributed by atoms with Crippen LogP contribution in [0.2, 0.25) is 0 Å². The lowest BCUT2D eigenvalue weighted by Gasteiger charge is -2.06. The van der Waals surface area contributed by atoms with Crippen LogP contribution in [0.1, 0.15) is 11.1 Å². The highest BCUT2D eigenvalue weighted by molar-refractivity contribution is 5.87. The number of pyridine rings is 1. The summed E-state index contributed by atoms with van der Waals surface area (Å²) in [4.78, 5) is 15.0. The fourth-order valence-corrected chi connectivity index (χ4v) is 1.70. The number of carbonyl (C=O) groups excluding carboxylic acids is 1. The van der Waals surface area contributed by atoms with Gasteiger partial charge >= 0.3 is 12.1 Å². The van der Waals surface area contributed by atoms with Gasteiger partial charge in [0, 0.05) is 17.8 Å². The molecule has 0 amide bonds. The van der Waals surface area contributed by atoms with E-state index in [1.54, 1.807) is 6.07 Å². The van der Waals surface area contributed by atoms with Gasteiger partial charge in [-0.05, 0) is 30.3 Å². The maximum atomic E-state index is 12.7. The summed E-state index contributed by atoms with van der Waals surface area (Å²) in [5, 5.41) is 7.69. The molecule has 24 heavy (non-hydrogen) atoms. The third-order valence-corrected chi connectivity index (χ3v) is 2.88. The second kappa shape index (κ2) is 7.49. The first-order valence-electron chi connectivity index (χ1n) is 6.69. The Hall–Kier alpha value is -3.03. The van der Waals surface area contributed by atoms with E-state index in [2.05, 4.69) is 19.9 Å². The van der Waals surface area contributed by atoms with Crippen molar-refractivity contribution in [1.82, 2.24) is 4.98 Å². The number of benzene rings is 1. The molecular weight excluding hydrogens is 323 g/mol. The number of halogens is 3. The van der Waals surface area contributed by atoms with Gasteiger partial charge in [-0.3, -0.25) is 4.98 Å². The monoisotopic (exact) mass is 335 g/mol. The quantitative estimate of drug-likeness (QED) is 0.462. The highest BCUT2D eigenvalue weighted by Crippen LogP contribution is 2.32. The van der Waals surface area contributed by atoms with Crippen LogP contribution in [0.25, 0.3) is 6.08 Å². The third kappa shape index (κ3) is 4.73. The minimum absolute atomic E-state index is 0.0524. The zero-order chi connectivity index (χ0) is 17.6. The second-order valence-corrected chi connectivity index (χ2v) is 4.54. The van der Waals surface area contributed by atoms with Crippen LogP contribution in [0, 0.1) is 0 Å². The molecule has 2 rings (SSSR count). The van der Waals surface area contributed by atoms with Gasteiger partial charge in [-0.2, -0.15) is 18.3 Å². The van der Waals surface area contributed by atoms with Crippen molar-refractivity contribution in [3.8, 4) is 0 Å². The van der Waals surface area contributed by atoms with Crippen molar-refractivity contribution in [2.45, 2.75) is 6.18 Å². The van der Waals surface area contributed by atoms with Crippen molar-refractivity contribution in [3.63, 3.8) is 0 Å². The number of methoxy groups -OCH3 is 1. The van der Waals surface area contributed by atoms with Crippen molar-refractivity contribution < 1.29 is 22.7 Å². The van der Waals surface area contributed by atoms with Crippen LogP contribution in [-0.4, -0.2) is 18.1 Å². The average molecular weight is 335 g/mol. The highest BCUT2D eigenvalue weighted by atomic mass is 19.4. The summed E-state index contributed by atoms with van der Waals surface area (Å²) in [6.45, 7) is 0. The Morgan fingerprint density at radius 2 is 2.04 bits per heavy atom. The van der Waals surface area contributed by atoms with E-state index in [0.717, 1.165) is 12.1 Å². The molecule has 1 heterocycles. The SMILES string of the molecule is COC(=O)/C=C/c1ccncc1/N=N\c1cccc(C(F)(F)F)c1. The molecule has 0 radical (unpaired) electrons. The fraction of sp³-hybridized carbons (Fsp3) is 0.125. The smallest absolute Gasteiger partial charge is 0.416 e. The number of azo groups is 1. The molecular formula is C16H12F3N3O2. The number of ether oxygens (including phenoxy) is 1. The van der Waals surface area contributed by atoms with E-state index in [4.69, 9.17) is 0 Å². The van der Waals surface area contributed by atoms with Gasteiger partial charge in [-0.25, -0.2) is 4.79 Å². The number of rotatable bonds is 4. The van der Waals surface area contributed by atoms with Crippen LogP contribution in [0.5, 0.6) is 0 Å². The van der Waals surface area contributed by atoms with Crippen LogP contribution in [0.15, 0.2) is 59.0 Å². The summed E-state index contributed by atoms with van der Waals surface area (Å²) < 4.78 is 42.5. The van der Waals surface area contributed by atoms with Crippen molar-refractivity contribution in [3.05, 3.63) is 59.9 Å². The molecule has 2 aromatic rings. The van der Waals surface area contributed by atoms with Gasteiger partial charge in [0.05, 0.1) is 24.6 Å². The molecule has 0 bridgehead atoms. The van der Waals surface area contributed by atoms with Crippen molar-refractivity contribution in [2.75, 3.05) is 7.11 Å². The van der Waals surface area contributed by atoms with Gasteiger partial charge in [-0.15, -0.1) is 5.11 Å². The molecule has 1 aromatic carbocycles. The largest absolute Gasteiger partial charge is 0.466 e. The van der Waals surface area contributed by atoms with Crippen LogP contribution in [0.3, 0.4) is 0 Å². The molecule has 0 unspecified atom stereocenters. The summed E-state index contributed by atoms with van der Waals surface area (Å²) in [6, 6.07) is 6.08. The van der Waals surface area contributed by atoms with Gasteiger partial charge in [-0.1, -0.05) is 6.07 Å². The maximum Gasteiger partial charge on any atom is 0.416 e. The van der Waals surface area contributed by atoms with Gasteiger partial charge < -0.3 is 4.74 Å². The normalized spacial score (nSPS) is 12.0. The first kappa shape index (κ1) is 17.3. The predicted molar refractivity (Wildman–Crippen MR) is 80.9 cm³/mol. The number of esters is 1. The van der Waals surface area contributed by atoms with Crippen molar-refractivity contribution in [1.29, 1.82) is 0 Å². The Balaban J connectivity index is 2.27. The Morgan fingerprint density at radius 1 is 1.25 bits per heavy atom. The lowest BCUT2D eigenvalue weighted by Crippen LogP contribution is -2.03. The van der Waals surface area contributed by atoms with Gasteiger partial charge in [0.25, 0.3) is 0 Å². The number of hydrogen-bond donors (Lipinski definition) is 0. The summed E-state index contributed by atoms with van der Waals surface area (Å²) in [6.07, 6.45) is 1.06. The van der Waals surface area contributed by atoms with Gasteiger partial charge in [0.2, 0.25) is 0 Å². The molecule has 0 fully saturated rings. The molecule has 0 saturated heterocycles. The first-order chi connectivity index (χ1) is 11.4. The summed E-state index contributed by atoms with van der Waals surface area (Å²) in [5.41, 5.74) is 0.0636. The maximum absolute atomic E-state index is 12.7. The Labute approximate surface area is 135 Å². The molecule has 0 aliphatic heterocycles. The number of nitrogens with zero attached hydrogens (tertiary/aromatic N) is 3. The summed E-state index contributed by atoms with van der Waals surface area (Å²) in [5.74, 6) is -0.549. The second-order valence-electron chi connectivity index (χ2n) is 4.54. The summed E-state index contributed by atoms with van der Waals surface area (Å²) in [7, 11) is 1.24. The molecule has 0 spiro atoms. The standard InChI is InChI=1S/C16H12F3N3O2/c1-24-15(23)6-5-11-7-8-20-10-14(11)22-21-13-4-2-3-12(9-13)16(17,18)19/h2-10H,1H3/b6-5+,22-21-. The van der Waals surface area contributed by atoms with E-state index >= 15 is 0 Å². The minimum Gasteiger partial charge on any atom is -0.466 e. The van der Waals surface area contributed by atoms with Crippen LogP contribution >= 0.6 is 0 Å². The molecule has 0 N–H and O–H groups in total. The van der Waals surface area contributed by atoms with Crippen molar-refractivity contribution in [2.24, 2.45) is 10.2 Å². The predicted octanol–water partition coefficient (Wildman–Crippen LogP) is 4.70. The lowest BCUT2D eigenvalue weighted by molar-refractivity contribution is -0.137. The Bertz CT molecular complexity index is 786. The molecule has 0 aliphatic rings. The zero-order valence-electron chi connectivity index (χ0n) is 12.5. The van der Waals surface area contributed by atoms with Gasteiger partial charge in [0.15, 0.2) is 0 Å². The molecule has 1 aromatic heterocycles. The first-order valence-corrected chi connectivity index (χ1v) is 6.69. The van der Waals surface area contributed by atoms with E-state index in [0.29, 0.717) is 11.3 Å². The van der Waals surface area contributed by atoms with Crippen molar-refractivity contribution >= 4 is 23.4 Å². The number of aromatic nitrogens is 1. The van der Waals surface area contributed by atoms with Crippen LogP contribution < -0.4 is 0 Å². The molecule has 0 saturated carbocycles. The van der Waals surface area contributed by atoms with E-state index < -0.39 is 17.7 Å². The van der Waals surface area contributed by atoms with Crippen LogP contribution in [0.4, 0.5) is 24.5 Å². The van der Waals surface area contributed by atoms with Gasteiger partial charge in [0.1, 0.15) is 5.69 Å². The molecule has 8 heteroatoms. The number of hydrogen-bond acceptors (Lipinski definition) is 5. The van der Waals surface area contributed by atoms with E-state index in [9.17, 15) is 18.0 Å². The fourth-order valence-electron chi connectivity index (χ4n) is 1.70. The molecule has 5 nitrogen and oxygen atoms in total. The highest BCUT2D eigenvalue weighted by Gasteiger charge is 2.30. The Kier molecular flexibility index (Phi) is 5.41. The molecule has 0 atom stereocenters. The molecule has 0 aliphatic carbocycles. The van der Waals surface area contributed by atoms with Crippen LogP contribution in [-0.2, 0) is 15.7 Å². The topological polar surface area (TPSA) is 63.9 Å². The van der Waals surface area contributed by atoms with E-state index in [1.165, 1.54) is 43.8 Å². The summed E-state index contributed by atoms with van der Waals surface area (Å²) >= 11 is 0. The Morgan fingerprint density at radius 3 is 2.75 bits per heavy atom.